The van der Waals surface area contributed by atoms with Gasteiger partial charge in [-0.25, -0.2) is 0 Å². The van der Waals surface area contributed by atoms with Gasteiger partial charge in [0.2, 0.25) is 0 Å². The lowest BCUT2D eigenvalue weighted by atomic mass is 10.1. The molecule has 1 amide bonds. The highest BCUT2D eigenvalue weighted by molar-refractivity contribution is 6.33. The van der Waals surface area contributed by atoms with Crippen LogP contribution in [0.25, 0.3) is 11.4 Å². The average molecular weight is 353 g/mol. The minimum Gasteiger partial charge on any atom is -0.327 e. The molecular formula is C19H17ClN4O. The first kappa shape index (κ1) is 15.8. The van der Waals surface area contributed by atoms with Crippen LogP contribution in [-0.2, 0) is 13.1 Å². The zero-order chi connectivity index (χ0) is 17.4. The molecule has 2 aromatic carbocycles. The molecule has 4 rings (SSSR count). The molecule has 3 aromatic rings. The van der Waals surface area contributed by atoms with E-state index in [0.717, 1.165) is 17.2 Å². The lowest BCUT2D eigenvalue weighted by Crippen LogP contribution is -2.45. The van der Waals surface area contributed by atoms with Crippen LogP contribution in [0.15, 0.2) is 54.6 Å². The normalized spacial score (nSPS) is 16.6. The van der Waals surface area contributed by atoms with Crippen LogP contribution in [-0.4, -0.2) is 31.6 Å². The minimum atomic E-state index is -0.0754. The monoisotopic (exact) mass is 352 g/mol. The molecule has 1 aliphatic rings. The zero-order valence-corrected chi connectivity index (χ0v) is 14.5. The summed E-state index contributed by atoms with van der Waals surface area (Å²) in [6.07, 6.45) is 0. The molecule has 126 valence electrons. The molecule has 0 N–H and O–H groups in total. The number of benzene rings is 2. The van der Waals surface area contributed by atoms with E-state index in [4.69, 9.17) is 11.6 Å². The third kappa shape index (κ3) is 2.81. The van der Waals surface area contributed by atoms with Crippen molar-refractivity contribution in [2.45, 2.75) is 26.1 Å². The number of nitrogens with zero attached hydrogens (tertiary/aromatic N) is 4. The lowest BCUT2D eigenvalue weighted by Gasteiger charge is -2.34. The lowest BCUT2D eigenvalue weighted by molar-refractivity contribution is 0.0612. The molecule has 1 aliphatic heterocycles. The Bertz CT molecular complexity index is 922. The van der Waals surface area contributed by atoms with Crippen LogP contribution in [0.5, 0.6) is 0 Å². The van der Waals surface area contributed by atoms with E-state index in [1.165, 1.54) is 0 Å². The first-order valence-electron chi connectivity index (χ1n) is 8.18. The molecule has 5 nitrogen and oxygen atoms in total. The molecule has 1 aromatic heterocycles. The fourth-order valence-corrected chi connectivity index (χ4v) is 3.39. The van der Waals surface area contributed by atoms with Crippen molar-refractivity contribution in [3.8, 4) is 11.4 Å². The number of halogens is 1. The van der Waals surface area contributed by atoms with Crippen molar-refractivity contribution in [1.82, 2.24) is 19.7 Å². The van der Waals surface area contributed by atoms with E-state index in [9.17, 15) is 4.79 Å². The number of fused-ring (bicyclic) bond motifs is 1. The second-order valence-electron chi connectivity index (χ2n) is 6.18. The number of amides is 1. The molecule has 1 atom stereocenters. The van der Waals surface area contributed by atoms with Crippen LogP contribution in [0.1, 0.15) is 23.1 Å². The maximum atomic E-state index is 12.9. The van der Waals surface area contributed by atoms with Crippen LogP contribution in [0.3, 0.4) is 0 Å². The van der Waals surface area contributed by atoms with Crippen molar-refractivity contribution in [1.29, 1.82) is 0 Å². The van der Waals surface area contributed by atoms with E-state index in [1.807, 2.05) is 49.4 Å². The van der Waals surface area contributed by atoms with Crippen LogP contribution >= 0.6 is 11.6 Å². The van der Waals surface area contributed by atoms with Gasteiger partial charge >= 0.3 is 0 Å². The number of carbonyl (C=O) groups is 1. The van der Waals surface area contributed by atoms with Gasteiger partial charge in [0.25, 0.3) is 5.91 Å². The summed E-state index contributed by atoms with van der Waals surface area (Å²) in [5, 5.41) is 9.11. The minimum absolute atomic E-state index is 0.0229. The third-order valence-electron chi connectivity index (χ3n) is 4.52. The molecule has 2 heterocycles. The Morgan fingerprint density at radius 1 is 1.08 bits per heavy atom. The van der Waals surface area contributed by atoms with E-state index in [1.54, 1.807) is 17.0 Å². The first-order chi connectivity index (χ1) is 12.1. The number of carbonyl (C=O) groups excluding carboxylic acids is 1. The van der Waals surface area contributed by atoms with Crippen molar-refractivity contribution >= 4 is 17.5 Å². The highest BCUT2D eigenvalue weighted by Crippen LogP contribution is 2.26. The molecule has 0 radical (unpaired) electrons. The van der Waals surface area contributed by atoms with Crippen LogP contribution in [0.2, 0.25) is 5.02 Å². The highest BCUT2D eigenvalue weighted by atomic mass is 35.5. The van der Waals surface area contributed by atoms with Gasteiger partial charge in [0.15, 0.2) is 11.6 Å². The fraction of sp³-hybridized carbons (Fsp3) is 0.211. The SMILES string of the molecule is CC1Cn2c(nnc2-c2ccccc2)CN1C(=O)c1ccccc1Cl. The van der Waals surface area contributed by atoms with E-state index in [0.29, 0.717) is 23.7 Å². The van der Waals surface area contributed by atoms with Gasteiger partial charge in [0, 0.05) is 18.2 Å². The maximum Gasteiger partial charge on any atom is 0.256 e. The Balaban J connectivity index is 1.66. The molecule has 0 saturated heterocycles. The van der Waals surface area contributed by atoms with Gasteiger partial charge in [0.05, 0.1) is 17.1 Å². The largest absolute Gasteiger partial charge is 0.327 e. The second-order valence-corrected chi connectivity index (χ2v) is 6.59. The fourth-order valence-electron chi connectivity index (χ4n) is 3.18. The topological polar surface area (TPSA) is 51.0 Å². The summed E-state index contributed by atoms with van der Waals surface area (Å²) in [5.74, 6) is 1.55. The molecule has 1 unspecified atom stereocenters. The first-order valence-corrected chi connectivity index (χ1v) is 8.56. The molecule has 25 heavy (non-hydrogen) atoms. The summed E-state index contributed by atoms with van der Waals surface area (Å²) >= 11 is 6.19. The van der Waals surface area contributed by atoms with E-state index in [2.05, 4.69) is 14.8 Å². The van der Waals surface area contributed by atoms with Crippen molar-refractivity contribution in [2.75, 3.05) is 0 Å². The quantitative estimate of drug-likeness (QED) is 0.707. The Labute approximate surface area is 150 Å². The van der Waals surface area contributed by atoms with Gasteiger partial charge in [-0.15, -0.1) is 10.2 Å². The number of aromatic nitrogens is 3. The summed E-state index contributed by atoms with van der Waals surface area (Å²) in [6, 6.07) is 17.1. The highest BCUT2D eigenvalue weighted by Gasteiger charge is 2.31. The zero-order valence-electron chi connectivity index (χ0n) is 13.8. The average Bonchev–Trinajstić information content (AvgIpc) is 3.04. The summed E-state index contributed by atoms with van der Waals surface area (Å²) in [6.45, 7) is 3.11. The van der Waals surface area contributed by atoms with Crippen molar-refractivity contribution in [3.05, 3.63) is 71.0 Å². The summed E-state index contributed by atoms with van der Waals surface area (Å²) in [5.41, 5.74) is 1.55. The van der Waals surface area contributed by atoms with Gasteiger partial charge in [-0.3, -0.25) is 4.79 Å². The van der Waals surface area contributed by atoms with E-state index >= 15 is 0 Å². The smallest absolute Gasteiger partial charge is 0.256 e. The van der Waals surface area contributed by atoms with Crippen LogP contribution < -0.4 is 0 Å². The predicted molar refractivity (Wildman–Crippen MR) is 96.2 cm³/mol. The van der Waals surface area contributed by atoms with Gasteiger partial charge in [-0.1, -0.05) is 54.1 Å². The Morgan fingerprint density at radius 2 is 1.80 bits per heavy atom. The standard InChI is InChI=1S/C19H17ClN4O/c1-13-11-24-17(21-22-18(24)14-7-3-2-4-8-14)12-23(13)19(25)15-9-5-6-10-16(15)20/h2-10,13H,11-12H2,1H3. The number of hydrogen-bond donors (Lipinski definition) is 0. The maximum absolute atomic E-state index is 12.9. The Kier molecular flexibility index (Phi) is 4.01. The van der Waals surface area contributed by atoms with Crippen molar-refractivity contribution < 1.29 is 4.79 Å². The molecular weight excluding hydrogens is 336 g/mol. The van der Waals surface area contributed by atoms with Gasteiger partial charge in [-0.2, -0.15) is 0 Å². The molecule has 6 heteroatoms. The van der Waals surface area contributed by atoms with E-state index < -0.39 is 0 Å². The van der Waals surface area contributed by atoms with Crippen LogP contribution in [0, 0.1) is 0 Å². The third-order valence-corrected chi connectivity index (χ3v) is 4.84. The van der Waals surface area contributed by atoms with Crippen molar-refractivity contribution in [2.24, 2.45) is 0 Å². The molecule has 0 aliphatic carbocycles. The van der Waals surface area contributed by atoms with Gasteiger partial charge in [-0.05, 0) is 19.1 Å². The van der Waals surface area contributed by atoms with Crippen molar-refractivity contribution in [3.63, 3.8) is 0 Å². The van der Waals surface area contributed by atoms with E-state index in [-0.39, 0.29) is 11.9 Å². The Hall–Kier alpha value is -2.66. The van der Waals surface area contributed by atoms with Crippen LogP contribution in [0.4, 0.5) is 0 Å². The van der Waals surface area contributed by atoms with Gasteiger partial charge < -0.3 is 9.47 Å². The molecule has 0 saturated carbocycles. The number of rotatable bonds is 2. The molecule has 0 bridgehead atoms. The Morgan fingerprint density at radius 3 is 2.56 bits per heavy atom. The predicted octanol–water partition coefficient (Wildman–Crippen LogP) is 3.64. The van der Waals surface area contributed by atoms with Gasteiger partial charge in [0.1, 0.15) is 0 Å². The summed E-state index contributed by atoms with van der Waals surface area (Å²) in [7, 11) is 0. The second kappa shape index (κ2) is 6.33. The summed E-state index contributed by atoms with van der Waals surface area (Å²) in [4.78, 5) is 14.7. The summed E-state index contributed by atoms with van der Waals surface area (Å²) < 4.78 is 2.09. The molecule has 0 fully saturated rings. The molecule has 0 spiro atoms. The number of hydrogen-bond acceptors (Lipinski definition) is 3.